The normalized spacial score (nSPS) is 11.4. The van der Waals surface area contributed by atoms with Crippen LogP contribution in [0.4, 0.5) is 0 Å². The molecule has 122 valence electrons. The number of para-hydroxylation sites is 1. The van der Waals surface area contributed by atoms with E-state index in [4.69, 9.17) is 5.73 Å². The smallest absolute Gasteiger partial charge is 0.188 e. The predicted octanol–water partition coefficient (Wildman–Crippen LogP) is 1.91. The highest BCUT2D eigenvalue weighted by Gasteiger charge is 2.00. The number of nitrogens with one attached hydrogen (secondary N) is 1. The van der Waals surface area contributed by atoms with E-state index in [1.165, 1.54) is 0 Å². The van der Waals surface area contributed by atoms with Gasteiger partial charge in [-0.1, -0.05) is 24.3 Å². The van der Waals surface area contributed by atoms with Gasteiger partial charge in [0.2, 0.25) is 0 Å². The van der Waals surface area contributed by atoms with Gasteiger partial charge >= 0.3 is 0 Å². The maximum Gasteiger partial charge on any atom is 0.188 e. The number of benzene rings is 1. The summed E-state index contributed by atoms with van der Waals surface area (Å²) in [6.45, 7) is 1.20. The lowest BCUT2D eigenvalue weighted by Gasteiger charge is -2.04. The zero-order chi connectivity index (χ0) is 16.6. The van der Waals surface area contributed by atoms with Crippen LogP contribution in [0.25, 0.3) is 5.69 Å². The Hall–Kier alpha value is -3.15. The van der Waals surface area contributed by atoms with Gasteiger partial charge in [-0.25, -0.2) is 9.67 Å². The fourth-order valence-corrected chi connectivity index (χ4v) is 2.26. The zero-order valence-electron chi connectivity index (χ0n) is 13.3. The molecule has 0 aliphatic heterocycles. The highest BCUT2D eigenvalue weighted by Crippen LogP contribution is 2.08. The third-order valence-corrected chi connectivity index (χ3v) is 3.50. The molecule has 2 aromatic heterocycles. The molecule has 0 aliphatic carbocycles. The molecule has 3 N–H and O–H groups in total. The van der Waals surface area contributed by atoms with E-state index in [1.807, 2.05) is 59.4 Å². The Kier molecular flexibility index (Phi) is 5.19. The first kappa shape index (κ1) is 15.7. The molecule has 0 aliphatic rings. The van der Waals surface area contributed by atoms with Crippen molar-refractivity contribution in [3.05, 3.63) is 78.4 Å². The highest BCUT2D eigenvalue weighted by atomic mass is 15.3. The fourth-order valence-electron chi connectivity index (χ4n) is 2.26. The quantitative estimate of drug-likeness (QED) is 0.537. The molecule has 0 unspecified atom stereocenters. The molecule has 0 spiro atoms. The van der Waals surface area contributed by atoms with E-state index in [0.29, 0.717) is 19.0 Å². The standard InChI is InChI=1S/C18H20N6/c19-18(21-11-9-16-6-4-5-10-20-16)22-12-15-13-23-24(14-15)17-7-2-1-3-8-17/h1-8,10,13-14H,9,11-12H2,(H3,19,21,22). The number of rotatable bonds is 6. The molecule has 1 aromatic carbocycles. The second kappa shape index (κ2) is 7.92. The van der Waals surface area contributed by atoms with E-state index in [1.54, 1.807) is 12.4 Å². The van der Waals surface area contributed by atoms with Crippen molar-refractivity contribution in [3.63, 3.8) is 0 Å². The van der Waals surface area contributed by atoms with Crippen molar-refractivity contribution in [2.24, 2.45) is 10.7 Å². The Balaban J connectivity index is 1.49. The second-order valence-corrected chi connectivity index (χ2v) is 5.33. The van der Waals surface area contributed by atoms with Crippen LogP contribution in [0.3, 0.4) is 0 Å². The summed E-state index contributed by atoms with van der Waals surface area (Å²) in [5.74, 6) is 0.429. The maximum absolute atomic E-state index is 5.89. The van der Waals surface area contributed by atoms with Gasteiger partial charge in [-0.15, -0.1) is 0 Å². The van der Waals surface area contributed by atoms with Gasteiger partial charge < -0.3 is 11.1 Å². The molecule has 0 atom stereocenters. The van der Waals surface area contributed by atoms with Crippen molar-refractivity contribution >= 4 is 5.96 Å². The molecule has 3 aromatic rings. The first-order valence-corrected chi connectivity index (χ1v) is 7.84. The monoisotopic (exact) mass is 320 g/mol. The molecular weight excluding hydrogens is 300 g/mol. The minimum atomic E-state index is 0.429. The summed E-state index contributed by atoms with van der Waals surface area (Å²) in [4.78, 5) is 8.61. The lowest BCUT2D eigenvalue weighted by molar-refractivity contribution is 0.827. The van der Waals surface area contributed by atoms with E-state index >= 15 is 0 Å². The lowest BCUT2D eigenvalue weighted by atomic mass is 10.3. The van der Waals surface area contributed by atoms with E-state index in [0.717, 1.165) is 23.4 Å². The fraction of sp³-hybridized carbons (Fsp3) is 0.167. The van der Waals surface area contributed by atoms with Gasteiger partial charge in [0.1, 0.15) is 0 Å². The number of nitrogens with two attached hydrogens (primary N) is 1. The first-order chi connectivity index (χ1) is 11.8. The summed E-state index contributed by atoms with van der Waals surface area (Å²) in [5.41, 5.74) is 8.95. The minimum absolute atomic E-state index is 0.429. The van der Waals surface area contributed by atoms with E-state index in [2.05, 4.69) is 20.4 Å². The largest absolute Gasteiger partial charge is 0.370 e. The van der Waals surface area contributed by atoms with Crippen LogP contribution >= 0.6 is 0 Å². The number of nitrogens with zero attached hydrogens (tertiary/aromatic N) is 4. The molecule has 0 amide bonds. The number of aromatic nitrogens is 3. The SMILES string of the molecule is NC(=NCc1cnn(-c2ccccc2)c1)NCCc1ccccn1. The number of hydrogen-bond acceptors (Lipinski definition) is 3. The molecule has 6 nitrogen and oxygen atoms in total. The average molecular weight is 320 g/mol. The number of hydrogen-bond donors (Lipinski definition) is 2. The van der Waals surface area contributed by atoms with Crippen LogP contribution in [0.2, 0.25) is 0 Å². The molecule has 0 saturated heterocycles. The van der Waals surface area contributed by atoms with Crippen molar-refractivity contribution in [1.29, 1.82) is 0 Å². The molecule has 24 heavy (non-hydrogen) atoms. The van der Waals surface area contributed by atoms with Crippen molar-refractivity contribution in [1.82, 2.24) is 20.1 Å². The third kappa shape index (κ3) is 4.42. The topological polar surface area (TPSA) is 81.1 Å². The average Bonchev–Trinajstić information content (AvgIpc) is 3.11. The Morgan fingerprint density at radius 2 is 1.96 bits per heavy atom. The summed E-state index contributed by atoms with van der Waals surface area (Å²) >= 11 is 0. The van der Waals surface area contributed by atoms with Gasteiger partial charge in [0.05, 0.1) is 18.4 Å². The van der Waals surface area contributed by atoms with Gasteiger partial charge in [-0.2, -0.15) is 5.10 Å². The van der Waals surface area contributed by atoms with E-state index in [9.17, 15) is 0 Å². The van der Waals surface area contributed by atoms with Crippen LogP contribution in [0.5, 0.6) is 0 Å². The molecule has 0 radical (unpaired) electrons. The Morgan fingerprint density at radius 3 is 2.75 bits per heavy atom. The molecule has 0 fully saturated rings. The van der Waals surface area contributed by atoms with Crippen LogP contribution < -0.4 is 11.1 Å². The van der Waals surface area contributed by atoms with Crippen molar-refractivity contribution in [3.8, 4) is 5.69 Å². The van der Waals surface area contributed by atoms with Gasteiger partial charge in [-0.3, -0.25) is 4.98 Å². The lowest BCUT2D eigenvalue weighted by Crippen LogP contribution is -2.33. The summed E-state index contributed by atoms with van der Waals surface area (Å²) in [5, 5.41) is 7.44. The van der Waals surface area contributed by atoms with E-state index < -0.39 is 0 Å². The van der Waals surface area contributed by atoms with E-state index in [-0.39, 0.29) is 0 Å². The number of guanidine groups is 1. The Bertz CT molecular complexity index is 780. The molecule has 3 rings (SSSR count). The van der Waals surface area contributed by atoms with Crippen molar-refractivity contribution < 1.29 is 0 Å². The van der Waals surface area contributed by atoms with Crippen molar-refractivity contribution in [2.75, 3.05) is 6.54 Å². The minimum Gasteiger partial charge on any atom is -0.370 e. The van der Waals surface area contributed by atoms with Crippen LogP contribution in [0.15, 0.2) is 72.1 Å². The third-order valence-electron chi connectivity index (χ3n) is 3.50. The van der Waals surface area contributed by atoms with Gasteiger partial charge in [-0.05, 0) is 24.3 Å². The first-order valence-electron chi connectivity index (χ1n) is 7.84. The summed E-state index contributed by atoms with van der Waals surface area (Å²) < 4.78 is 1.83. The van der Waals surface area contributed by atoms with Crippen molar-refractivity contribution in [2.45, 2.75) is 13.0 Å². The molecular formula is C18H20N6. The van der Waals surface area contributed by atoms with Crippen LogP contribution in [0.1, 0.15) is 11.3 Å². The van der Waals surface area contributed by atoms with Crippen LogP contribution in [0, 0.1) is 0 Å². The summed E-state index contributed by atoms with van der Waals surface area (Å²) in [7, 11) is 0. The highest BCUT2D eigenvalue weighted by molar-refractivity contribution is 5.77. The zero-order valence-corrected chi connectivity index (χ0v) is 13.3. The second-order valence-electron chi connectivity index (χ2n) is 5.33. The summed E-state index contributed by atoms with van der Waals surface area (Å²) in [6.07, 6.45) is 6.36. The predicted molar refractivity (Wildman–Crippen MR) is 94.8 cm³/mol. The molecule has 0 bridgehead atoms. The maximum atomic E-state index is 5.89. The number of aliphatic imine (C=N–C) groups is 1. The molecule has 6 heteroatoms. The van der Waals surface area contributed by atoms with Gasteiger partial charge in [0.25, 0.3) is 0 Å². The van der Waals surface area contributed by atoms with Crippen LogP contribution in [-0.2, 0) is 13.0 Å². The summed E-state index contributed by atoms with van der Waals surface area (Å²) in [6, 6.07) is 15.8. The Morgan fingerprint density at radius 1 is 1.12 bits per heavy atom. The number of pyridine rings is 1. The van der Waals surface area contributed by atoms with Crippen LogP contribution in [-0.4, -0.2) is 27.3 Å². The Labute approximate surface area is 141 Å². The van der Waals surface area contributed by atoms with Gasteiger partial charge in [0.15, 0.2) is 5.96 Å². The molecule has 0 saturated carbocycles. The molecule has 2 heterocycles. The van der Waals surface area contributed by atoms with Gasteiger partial charge in [0, 0.05) is 36.6 Å².